The Labute approximate surface area is 185 Å². The molecule has 162 valence electrons. The first-order valence-electron chi connectivity index (χ1n) is 11.4. The molecule has 0 spiro atoms. The molecular formula is C24H33ClN4O. The SMILES string of the molecule is Cc1ccc(-n2nc(C(=O)N3CCC(NCC4CC4)CC3)c3c2CCCC3)cc1.Cl. The number of nitrogens with one attached hydrogen (secondary N) is 1. The quantitative estimate of drug-likeness (QED) is 0.780. The van der Waals surface area contributed by atoms with Crippen molar-refractivity contribution in [3.8, 4) is 5.69 Å². The van der Waals surface area contributed by atoms with Crippen LogP contribution in [0.4, 0.5) is 0 Å². The van der Waals surface area contributed by atoms with Gasteiger partial charge in [0.2, 0.25) is 0 Å². The second-order valence-electron chi connectivity index (χ2n) is 9.15. The molecule has 5 rings (SSSR count). The zero-order chi connectivity index (χ0) is 19.8. The van der Waals surface area contributed by atoms with E-state index in [0.717, 1.165) is 63.3 Å². The van der Waals surface area contributed by atoms with Crippen molar-refractivity contribution >= 4 is 18.3 Å². The first-order chi connectivity index (χ1) is 14.2. The van der Waals surface area contributed by atoms with Gasteiger partial charge in [-0.2, -0.15) is 5.10 Å². The summed E-state index contributed by atoms with van der Waals surface area (Å²) in [6.07, 6.45) is 9.20. The number of aryl methyl sites for hydroxylation is 1. The highest BCUT2D eigenvalue weighted by atomic mass is 35.5. The zero-order valence-corrected chi connectivity index (χ0v) is 18.7. The number of rotatable bonds is 5. The van der Waals surface area contributed by atoms with Crippen LogP contribution in [0.15, 0.2) is 24.3 Å². The van der Waals surface area contributed by atoms with Crippen molar-refractivity contribution < 1.29 is 4.79 Å². The van der Waals surface area contributed by atoms with Gasteiger partial charge in [-0.15, -0.1) is 12.4 Å². The smallest absolute Gasteiger partial charge is 0.274 e. The van der Waals surface area contributed by atoms with Crippen molar-refractivity contribution in [1.82, 2.24) is 20.0 Å². The van der Waals surface area contributed by atoms with Crippen LogP contribution >= 0.6 is 12.4 Å². The second-order valence-corrected chi connectivity index (χ2v) is 9.15. The van der Waals surface area contributed by atoms with Crippen molar-refractivity contribution in [3.63, 3.8) is 0 Å². The maximum Gasteiger partial charge on any atom is 0.274 e. The van der Waals surface area contributed by atoms with E-state index in [1.54, 1.807) is 0 Å². The average molecular weight is 429 g/mol. The summed E-state index contributed by atoms with van der Waals surface area (Å²) in [6, 6.07) is 9.03. The third-order valence-corrected chi connectivity index (χ3v) is 6.84. The Morgan fingerprint density at radius 2 is 1.77 bits per heavy atom. The van der Waals surface area contributed by atoms with E-state index in [0.29, 0.717) is 11.7 Å². The number of nitrogens with zero attached hydrogens (tertiary/aromatic N) is 3. The number of hydrogen-bond acceptors (Lipinski definition) is 3. The van der Waals surface area contributed by atoms with Crippen LogP contribution in [-0.2, 0) is 12.8 Å². The highest BCUT2D eigenvalue weighted by Gasteiger charge is 2.31. The molecule has 0 atom stereocenters. The summed E-state index contributed by atoms with van der Waals surface area (Å²) >= 11 is 0. The van der Waals surface area contributed by atoms with Gasteiger partial charge in [0, 0.05) is 30.4 Å². The number of halogens is 1. The molecule has 0 bridgehead atoms. The number of hydrogen-bond donors (Lipinski definition) is 1. The van der Waals surface area contributed by atoms with Crippen LogP contribution in [0, 0.1) is 12.8 Å². The molecule has 2 aliphatic carbocycles. The van der Waals surface area contributed by atoms with Crippen LogP contribution in [0.2, 0.25) is 0 Å². The molecule has 6 heteroatoms. The van der Waals surface area contributed by atoms with E-state index in [4.69, 9.17) is 5.10 Å². The van der Waals surface area contributed by atoms with Crippen molar-refractivity contribution in [2.24, 2.45) is 5.92 Å². The fraction of sp³-hybridized carbons (Fsp3) is 0.583. The normalized spacial score (nSPS) is 19.3. The fourth-order valence-electron chi connectivity index (χ4n) is 4.76. The highest BCUT2D eigenvalue weighted by Crippen LogP contribution is 2.29. The summed E-state index contributed by atoms with van der Waals surface area (Å²) in [5.41, 5.74) is 5.44. The molecule has 1 aromatic carbocycles. The summed E-state index contributed by atoms with van der Waals surface area (Å²) in [4.78, 5) is 15.4. The molecule has 5 nitrogen and oxygen atoms in total. The molecule has 2 heterocycles. The second kappa shape index (κ2) is 9.11. The lowest BCUT2D eigenvalue weighted by Crippen LogP contribution is -2.45. The van der Waals surface area contributed by atoms with Crippen LogP contribution in [0.3, 0.4) is 0 Å². The number of aromatic nitrogens is 2. The van der Waals surface area contributed by atoms with Gasteiger partial charge in [0.25, 0.3) is 5.91 Å². The summed E-state index contributed by atoms with van der Waals surface area (Å²) in [5.74, 6) is 1.04. The molecule has 2 fully saturated rings. The van der Waals surface area contributed by atoms with E-state index in [1.165, 1.54) is 36.1 Å². The van der Waals surface area contributed by atoms with Crippen LogP contribution in [0.1, 0.15) is 65.8 Å². The first kappa shape index (κ1) is 21.4. The number of carbonyl (C=O) groups is 1. The third kappa shape index (κ3) is 4.42. The van der Waals surface area contributed by atoms with Crippen LogP contribution in [0.5, 0.6) is 0 Å². The van der Waals surface area contributed by atoms with Crippen molar-refractivity contribution in [2.45, 2.75) is 64.3 Å². The number of benzene rings is 1. The standard InChI is InChI=1S/C24H32N4O.ClH/c1-17-6-10-20(11-7-17)28-22-5-3-2-4-21(22)23(26-28)24(29)27-14-12-19(13-15-27)25-16-18-8-9-18;/h6-7,10-11,18-19,25H,2-5,8-9,12-16H2,1H3;1H. The van der Waals surface area contributed by atoms with Gasteiger partial charge in [-0.3, -0.25) is 4.79 Å². The van der Waals surface area contributed by atoms with Gasteiger partial charge in [0.1, 0.15) is 0 Å². The lowest BCUT2D eigenvalue weighted by Gasteiger charge is -2.32. The number of amides is 1. The van der Waals surface area contributed by atoms with Gasteiger partial charge in [0.15, 0.2) is 5.69 Å². The third-order valence-electron chi connectivity index (χ3n) is 6.84. The van der Waals surface area contributed by atoms with Gasteiger partial charge in [-0.25, -0.2) is 4.68 Å². The highest BCUT2D eigenvalue weighted by molar-refractivity contribution is 5.94. The maximum atomic E-state index is 13.4. The van der Waals surface area contributed by atoms with Crippen LogP contribution < -0.4 is 5.32 Å². The summed E-state index contributed by atoms with van der Waals surface area (Å²) in [5, 5.41) is 8.57. The molecule has 1 amide bonds. The van der Waals surface area contributed by atoms with Gasteiger partial charge >= 0.3 is 0 Å². The number of likely N-dealkylation sites (tertiary alicyclic amines) is 1. The van der Waals surface area contributed by atoms with E-state index >= 15 is 0 Å². The Kier molecular flexibility index (Phi) is 6.49. The Morgan fingerprint density at radius 3 is 2.47 bits per heavy atom. The van der Waals surface area contributed by atoms with E-state index in [2.05, 4.69) is 36.5 Å². The molecule has 0 radical (unpaired) electrons. The summed E-state index contributed by atoms with van der Waals surface area (Å²) in [6.45, 7) is 4.94. The molecule has 3 aliphatic rings. The van der Waals surface area contributed by atoms with E-state index < -0.39 is 0 Å². The monoisotopic (exact) mass is 428 g/mol. The Bertz CT molecular complexity index is 879. The van der Waals surface area contributed by atoms with Gasteiger partial charge in [-0.1, -0.05) is 17.7 Å². The molecule has 30 heavy (non-hydrogen) atoms. The Morgan fingerprint density at radius 1 is 1.07 bits per heavy atom. The first-order valence-corrected chi connectivity index (χ1v) is 11.4. The molecule has 1 N–H and O–H groups in total. The van der Waals surface area contributed by atoms with Gasteiger partial charge in [-0.05, 0) is 82.9 Å². The molecule has 1 saturated heterocycles. The van der Waals surface area contributed by atoms with Gasteiger partial charge in [0.05, 0.1) is 5.69 Å². The van der Waals surface area contributed by atoms with Crippen molar-refractivity contribution in [2.75, 3.05) is 19.6 Å². The van der Waals surface area contributed by atoms with Crippen LogP contribution in [0.25, 0.3) is 5.69 Å². The average Bonchev–Trinajstić information content (AvgIpc) is 3.52. The Hall–Kier alpha value is -1.85. The predicted molar refractivity (Wildman–Crippen MR) is 122 cm³/mol. The summed E-state index contributed by atoms with van der Waals surface area (Å²) in [7, 11) is 0. The Balaban J connectivity index is 0.00000218. The predicted octanol–water partition coefficient (Wildman–Crippen LogP) is 4.09. The minimum atomic E-state index is 0. The maximum absolute atomic E-state index is 13.4. The minimum absolute atomic E-state index is 0. The fourth-order valence-corrected chi connectivity index (χ4v) is 4.76. The molecule has 1 aliphatic heterocycles. The van der Waals surface area contributed by atoms with Crippen molar-refractivity contribution in [1.29, 1.82) is 0 Å². The largest absolute Gasteiger partial charge is 0.337 e. The number of piperidine rings is 1. The number of carbonyl (C=O) groups excluding carboxylic acids is 1. The molecule has 1 aromatic heterocycles. The zero-order valence-electron chi connectivity index (χ0n) is 17.9. The van der Waals surface area contributed by atoms with E-state index in [1.807, 2.05) is 9.58 Å². The molecule has 1 saturated carbocycles. The summed E-state index contributed by atoms with van der Waals surface area (Å²) < 4.78 is 2.03. The lowest BCUT2D eigenvalue weighted by molar-refractivity contribution is 0.0697. The molecule has 2 aromatic rings. The minimum Gasteiger partial charge on any atom is -0.337 e. The van der Waals surface area contributed by atoms with E-state index in [-0.39, 0.29) is 18.3 Å². The van der Waals surface area contributed by atoms with Crippen LogP contribution in [-0.4, -0.2) is 46.3 Å². The van der Waals surface area contributed by atoms with Crippen molar-refractivity contribution in [3.05, 3.63) is 46.8 Å². The molecule has 0 unspecified atom stereocenters. The van der Waals surface area contributed by atoms with E-state index in [9.17, 15) is 4.79 Å². The lowest BCUT2D eigenvalue weighted by atomic mass is 9.94. The number of fused-ring (bicyclic) bond motifs is 1. The van der Waals surface area contributed by atoms with Gasteiger partial charge < -0.3 is 10.2 Å². The molecular weight excluding hydrogens is 396 g/mol. The topological polar surface area (TPSA) is 50.2 Å².